The third-order valence-corrected chi connectivity index (χ3v) is 2.30. The lowest BCUT2D eigenvalue weighted by atomic mass is 10.2. The molecule has 0 bridgehead atoms. The topological polar surface area (TPSA) is 49.8 Å². The molecule has 0 fully saturated rings. The van der Waals surface area contributed by atoms with Crippen molar-refractivity contribution in [3.63, 3.8) is 0 Å². The van der Waals surface area contributed by atoms with Gasteiger partial charge >= 0.3 is 0 Å². The Morgan fingerprint density at radius 2 is 2.18 bits per heavy atom. The van der Waals surface area contributed by atoms with Crippen molar-refractivity contribution in [3.8, 4) is 6.07 Å². The third-order valence-electron chi connectivity index (χ3n) is 1.23. The molecule has 1 rings (SSSR count). The lowest BCUT2D eigenvalue weighted by molar-refractivity contribution is 1.47. The quantitative estimate of drug-likeness (QED) is 0.698. The predicted molar refractivity (Wildman–Crippen MR) is 48.3 cm³/mol. The summed E-state index contributed by atoms with van der Waals surface area (Å²) in [7, 11) is 0. The van der Waals surface area contributed by atoms with E-state index in [1.54, 1.807) is 12.1 Å². The van der Waals surface area contributed by atoms with Gasteiger partial charge in [-0.3, -0.25) is 0 Å². The van der Waals surface area contributed by atoms with Crippen LogP contribution in [0.2, 0.25) is 5.02 Å². The minimum atomic E-state index is 0.307. The number of nitriles is 1. The first kappa shape index (κ1) is 8.38. The van der Waals surface area contributed by atoms with Crippen LogP contribution in [0, 0.1) is 11.3 Å². The van der Waals surface area contributed by atoms with E-state index < -0.39 is 0 Å². The summed E-state index contributed by atoms with van der Waals surface area (Å²) < 4.78 is 0.666. The van der Waals surface area contributed by atoms with Crippen molar-refractivity contribution in [3.05, 3.63) is 27.2 Å². The molecule has 1 aromatic rings. The largest absolute Gasteiger partial charge is 0.397 e. The fourth-order valence-electron chi connectivity index (χ4n) is 0.671. The summed E-state index contributed by atoms with van der Waals surface area (Å²) in [6.07, 6.45) is 0. The molecule has 0 aliphatic heterocycles. The monoisotopic (exact) mass is 230 g/mol. The molecule has 1 aromatic carbocycles. The van der Waals surface area contributed by atoms with Crippen LogP contribution in [0.25, 0.3) is 0 Å². The van der Waals surface area contributed by atoms with E-state index in [4.69, 9.17) is 22.6 Å². The average Bonchev–Trinajstić information content (AvgIpc) is 1.99. The molecule has 0 unspecified atom stereocenters. The van der Waals surface area contributed by atoms with Gasteiger partial charge in [0, 0.05) is 4.47 Å². The zero-order chi connectivity index (χ0) is 8.43. The normalized spacial score (nSPS) is 9.18. The van der Waals surface area contributed by atoms with Crippen molar-refractivity contribution in [2.75, 3.05) is 5.73 Å². The highest BCUT2D eigenvalue weighted by Crippen LogP contribution is 2.28. The van der Waals surface area contributed by atoms with Gasteiger partial charge < -0.3 is 5.73 Å². The van der Waals surface area contributed by atoms with Gasteiger partial charge in [-0.2, -0.15) is 5.26 Å². The summed E-state index contributed by atoms with van der Waals surface area (Å²) in [5.41, 5.74) is 6.26. The highest BCUT2D eigenvalue weighted by atomic mass is 79.9. The number of hydrogen-bond donors (Lipinski definition) is 1. The first-order valence-corrected chi connectivity index (χ1v) is 3.97. The highest BCUT2D eigenvalue weighted by Gasteiger charge is 2.06. The Hall–Kier alpha value is -0.720. The van der Waals surface area contributed by atoms with Gasteiger partial charge in [0.1, 0.15) is 6.07 Å². The number of halogens is 2. The van der Waals surface area contributed by atoms with E-state index in [1.807, 2.05) is 6.07 Å². The fourth-order valence-corrected chi connectivity index (χ4v) is 1.41. The van der Waals surface area contributed by atoms with Gasteiger partial charge in [-0.15, -0.1) is 0 Å². The molecule has 0 amide bonds. The zero-order valence-corrected chi connectivity index (χ0v) is 7.78. The molecule has 0 heterocycles. The Balaban J connectivity index is 3.44. The van der Waals surface area contributed by atoms with Crippen LogP contribution in [0.15, 0.2) is 16.6 Å². The lowest BCUT2D eigenvalue weighted by Crippen LogP contribution is -1.89. The van der Waals surface area contributed by atoms with E-state index in [1.165, 1.54) is 0 Å². The third kappa shape index (κ3) is 1.47. The molecule has 0 aliphatic carbocycles. The summed E-state index contributed by atoms with van der Waals surface area (Å²) in [6, 6.07) is 5.29. The minimum absolute atomic E-state index is 0.307. The molecule has 0 aliphatic rings. The number of nitrogens with zero attached hydrogens (tertiary/aromatic N) is 1. The Kier molecular flexibility index (Phi) is 2.38. The van der Waals surface area contributed by atoms with Crippen LogP contribution >= 0.6 is 27.5 Å². The second kappa shape index (κ2) is 3.12. The number of rotatable bonds is 0. The Morgan fingerprint density at radius 1 is 1.55 bits per heavy atom. The number of nitrogen functional groups attached to an aromatic ring is 1. The summed E-state index contributed by atoms with van der Waals surface area (Å²) in [6.45, 7) is 0. The zero-order valence-electron chi connectivity index (χ0n) is 5.44. The Bertz CT molecular complexity index is 330. The van der Waals surface area contributed by atoms with Gasteiger partial charge in [-0.25, -0.2) is 0 Å². The van der Waals surface area contributed by atoms with E-state index in [2.05, 4.69) is 15.9 Å². The van der Waals surface area contributed by atoms with Gasteiger partial charge in [0.25, 0.3) is 0 Å². The predicted octanol–water partition coefficient (Wildman–Crippen LogP) is 2.56. The van der Waals surface area contributed by atoms with Gasteiger partial charge in [0.05, 0.1) is 16.3 Å². The molecule has 0 atom stereocenters. The van der Waals surface area contributed by atoms with E-state index in [0.29, 0.717) is 20.7 Å². The van der Waals surface area contributed by atoms with Crippen molar-refractivity contribution >= 4 is 33.2 Å². The first-order valence-electron chi connectivity index (χ1n) is 2.80. The molecule has 4 heteroatoms. The number of benzene rings is 1. The maximum Gasteiger partial charge on any atom is 0.102 e. The van der Waals surface area contributed by atoms with Crippen LogP contribution in [-0.4, -0.2) is 0 Å². The maximum absolute atomic E-state index is 8.60. The smallest absolute Gasteiger partial charge is 0.102 e. The molecule has 11 heavy (non-hydrogen) atoms. The van der Waals surface area contributed by atoms with E-state index in [9.17, 15) is 0 Å². The Labute approximate surface area is 77.7 Å². The lowest BCUT2D eigenvalue weighted by Gasteiger charge is -2.00. The maximum atomic E-state index is 8.60. The van der Waals surface area contributed by atoms with Crippen molar-refractivity contribution in [2.24, 2.45) is 0 Å². The molecule has 0 spiro atoms. The Morgan fingerprint density at radius 3 is 2.64 bits per heavy atom. The molecule has 0 aromatic heterocycles. The highest BCUT2D eigenvalue weighted by molar-refractivity contribution is 9.10. The van der Waals surface area contributed by atoms with Crippen LogP contribution in [0.5, 0.6) is 0 Å². The standard InChI is InChI=1S/C7H4BrClN2/c8-5-1-2-6(11)7(9)4(5)3-10/h1-2H,11H2. The van der Waals surface area contributed by atoms with Crippen LogP contribution in [0.1, 0.15) is 5.56 Å². The van der Waals surface area contributed by atoms with Crippen LogP contribution in [0.3, 0.4) is 0 Å². The number of anilines is 1. The number of nitrogens with two attached hydrogens (primary N) is 1. The number of hydrogen-bond acceptors (Lipinski definition) is 2. The average molecular weight is 231 g/mol. The van der Waals surface area contributed by atoms with Gasteiger partial charge in [-0.05, 0) is 28.1 Å². The second-order valence-electron chi connectivity index (χ2n) is 1.94. The molecule has 2 N–H and O–H groups in total. The summed E-state index contributed by atoms with van der Waals surface area (Å²) in [5.74, 6) is 0. The van der Waals surface area contributed by atoms with E-state index >= 15 is 0 Å². The van der Waals surface area contributed by atoms with Gasteiger partial charge in [0.15, 0.2) is 0 Å². The second-order valence-corrected chi connectivity index (χ2v) is 3.17. The van der Waals surface area contributed by atoms with E-state index in [-0.39, 0.29) is 0 Å². The molecule has 2 nitrogen and oxygen atoms in total. The van der Waals surface area contributed by atoms with Crippen LogP contribution in [-0.2, 0) is 0 Å². The van der Waals surface area contributed by atoms with Gasteiger partial charge in [0.2, 0.25) is 0 Å². The first-order chi connectivity index (χ1) is 5.16. The van der Waals surface area contributed by atoms with Crippen LogP contribution in [0.4, 0.5) is 5.69 Å². The van der Waals surface area contributed by atoms with E-state index in [0.717, 1.165) is 0 Å². The molecule has 0 radical (unpaired) electrons. The summed E-state index contributed by atoms with van der Waals surface area (Å²) in [4.78, 5) is 0. The molecule has 0 saturated heterocycles. The molecular weight excluding hydrogens is 227 g/mol. The molecule has 56 valence electrons. The van der Waals surface area contributed by atoms with Crippen molar-refractivity contribution in [1.29, 1.82) is 5.26 Å². The van der Waals surface area contributed by atoms with Crippen molar-refractivity contribution in [2.45, 2.75) is 0 Å². The van der Waals surface area contributed by atoms with Crippen molar-refractivity contribution in [1.82, 2.24) is 0 Å². The summed E-state index contributed by atoms with van der Waals surface area (Å²) >= 11 is 8.90. The minimum Gasteiger partial charge on any atom is -0.397 e. The fraction of sp³-hybridized carbons (Fsp3) is 0. The molecular formula is C7H4BrClN2. The van der Waals surface area contributed by atoms with Gasteiger partial charge in [-0.1, -0.05) is 11.6 Å². The van der Waals surface area contributed by atoms with Crippen molar-refractivity contribution < 1.29 is 0 Å². The SMILES string of the molecule is N#Cc1c(Br)ccc(N)c1Cl. The van der Waals surface area contributed by atoms with Crippen LogP contribution < -0.4 is 5.73 Å². The molecule has 0 saturated carbocycles. The summed E-state index contributed by atoms with van der Waals surface area (Å²) in [5, 5.41) is 8.91.